The number of carbonyl (C=O) groups is 1. The van der Waals surface area contributed by atoms with Gasteiger partial charge in [0.15, 0.2) is 5.82 Å². The van der Waals surface area contributed by atoms with Crippen LogP contribution in [0.2, 0.25) is 0 Å². The molecule has 0 aliphatic heterocycles. The van der Waals surface area contributed by atoms with E-state index < -0.39 is 5.97 Å². The van der Waals surface area contributed by atoms with Gasteiger partial charge in [0.1, 0.15) is 0 Å². The molecule has 5 nitrogen and oxygen atoms in total. The zero-order valence-corrected chi connectivity index (χ0v) is 8.31. The summed E-state index contributed by atoms with van der Waals surface area (Å²) in [5.41, 5.74) is -0.196. The van der Waals surface area contributed by atoms with Crippen molar-refractivity contribution >= 4 is 12.0 Å². The second-order valence-electron chi connectivity index (χ2n) is 3.88. The lowest BCUT2D eigenvalue weighted by Gasteiger charge is -2.10. The third-order valence-electron chi connectivity index (χ3n) is 1.48. The minimum Gasteiger partial charge on any atom is -0.478 e. The van der Waals surface area contributed by atoms with E-state index in [0.717, 1.165) is 6.08 Å². The van der Waals surface area contributed by atoms with Gasteiger partial charge in [-0.15, -0.1) is 0 Å². The van der Waals surface area contributed by atoms with E-state index in [1.54, 1.807) is 0 Å². The summed E-state index contributed by atoms with van der Waals surface area (Å²) in [6, 6.07) is 0. The van der Waals surface area contributed by atoms with Crippen molar-refractivity contribution in [1.29, 1.82) is 0 Å². The first kappa shape index (κ1) is 10.4. The smallest absolute Gasteiger partial charge is 0.328 e. The molecule has 0 saturated carbocycles. The maximum atomic E-state index is 10.2. The van der Waals surface area contributed by atoms with Crippen LogP contribution in [0.3, 0.4) is 0 Å². The van der Waals surface area contributed by atoms with Crippen LogP contribution < -0.4 is 0 Å². The van der Waals surface area contributed by atoms with Gasteiger partial charge in [-0.05, 0) is 0 Å². The summed E-state index contributed by atoms with van der Waals surface area (Å²) in [6.45, 7) is 5.84. The summed E-state index contributed by atoms with van der Waals surface area (Å²) in [4.78, 5) is 14.2. The van der Waals surface area contributed by atoms with Crippen molar-refractivity contribution in [1.82, 2.24) is 10.1 Å². The highest BCUT2D eigenvalue weighted by Crippen LogP contribution is 2.18. The second kappa shape index (κ2) is 3.61. The van der Waals surface area contributed by atoms with Crippen LogP contribution in [0.5, 0.6) is 0 Å². The first-order valence-electron chi connectivity index (χ1n) is 4.15. The molecule has 0 amide bonds. The molecule has 0 aromatic carbocycles. The number of aromatic nitrogens is 2. The molecule has 0 aliphatic carbocycles. The quantitative estimate of drug-likeness (QED) is 0.724. The monoisotopic (exact) mass is 196 g/mol. The predicted molar refractivity (Wildman–Crippen MR) is 49.7 cm³/mol. The molecule has 0 aliphatic rings. The molecule has 14 heavy (non-hydrogen) atoms. The Balaban J connectivity index is 2.84. The Morgan fingerprint density at radius 3 is 2.57 bits per heavy atom. The first-order valence-corrected chi connectivity index (χ1v) is 4.15. The van der Waals surface area contributed by atoms with Crippen LogP contribution in [0, 0.1) is 0 Å². The van der Waals surface area contributed by atoms with Gasteiger partial charge in [0.05, 0.1) is 0 Å². The summed E-state index contributed by atoms with van der Waals surface area (Å²) in [5.74, 6) is -0.277. The van der Waals surface area contributed by atoms with Crippen molar-refractivity contribution < 1.29 is 14.4 Å². The van der Waals surface area contributed by atoms with E-state index in [0.29, 0.717) is 5.82 Å². The van der Waals surface area contributed by atoms with E-state index in [2.05, 4.69) is 10.1 Å². The molecule has 1 aromatic heterocycles. The zero-order chi connectivity index (χ0) is 10.8. The number of aliphatic carboxylic acids is 1. The summed E-state index contributed by atoms with van der Waals surface area (Å²) in [7, 11) is 0. The number of hydrogen-bond donors (Lipinski definition) is 1. The summed E-state index contributed by atoms with van der Waals surface area (Å²) in [5, 5.41) is 12.1. The van der Waals surface area contributed by atoms with Gasteiger partial charge in [-0.1, -0.05) is 25.9 Å². The van der Waals surface area contributed by atoms with E-state index >= 15 is 0 Å². The van der Waals surface area contributed by atoms with Crippen LogP contribution in [0.15, 0.2) is 10.6 Å². The largest absolute Gasteiger partial charge is 0.478 e. The fourth-order valence-electron chi connectivity index (χ4n) is 0.750. The van der Waals surface area contributed by atoms with Crippen LogP contribution in [0.4, 0.5) is 0 Å². The highest BCUT2D eigenvalue weighted by Gasteiger charge is 2.20. The van der Waals surface area contributed by atoms with Gasteiger partial charge in [0.2, 0.25) is 0 Å². The van der Waals surface area contributed by atoms with E-state index in [-0.39, 0.29) is 11.3 Å². The second-order valence-corrected chi connectivity index (χ2v) is 3.88. The fourth-order valence-corrected chi connectivity index (χ4v) is 0.750. The van der Waals surface area contributed by atoms with Crippen molar-refractivity contribution in [3.63, 3.8) is 0 Å². The average Bonchev–Trinajstić information content (AvgIpc) is 2.47. The lowest BCUT2D eigenvalue weighted by atomic mass is 9.96. The van der Waals surface area contributed by atoms with Crippen LogP contribution in [-0.2, 0) is 10.2 Å². The molecule has 1 heterocycles. The minimum atomic E-state index is -1.04. The summed E-state index contributed by atoms with van der Waals surface area (Å²) >= 11 is 0. The average molecular weight is 196 g/mol. The number of carboxylic acids is 1. The SMILES string of the molecule is CC(C)(C)c1noc(/C=C/C(=O)O)n1. The van der Waals surface area contributed by atoms with Crippen LogP contribution in [-0.4, -0.2) is 21.2 Å². The van der Waals surface area contributed by atoms with Gasteiger partial charge in [-0.25, -0.2) is 4.79 Å². The van der Waals surface area contributed by atoms with E-state index in [1.165, 1.54) is 6.08 Å². The van der Waals surface area contributed by atoms with Crippen LogP contribution >= 0.6 is 0 Å². The molecular formula is C9H12N2O3. The molecule has 1 N–H and O–H groups in total. The predicted octanol–water partition coefficient (Wildman–Crippen LogP) is 1.46. The van der Waals surface area contributed by atoms with Crippen molar-refractivity contribution in [3.8, 4) is 0 Å². The topological polar surface area (TPSA) is 76.2 Å². The maximum absolute atomic E-state index is 10.2. The zero-order valence-electron chi connectivity index (χ0n) is 8.31. The van der Waals surface area contributed by atoms with E-state index in [1.807, 2.05) is 20.8 Å². The molecule has 1 aromatic rings. The molecule has 1 rings (SSSR count). The Labute approximate surface area is 81.4 Å². The Kier molecular flexibility index (Phi) is 2.69. The Morgan fingerprint density at radius 2 is 2.14 bits per heavy atom. The van der Waals surface area contributed by atoms with E-state index in [9.17, 15) is 4.79 Å². The molecule has 0 spiro atoms. The minimum absolute atomic E-state index is 0.196. The number of hydrogen-bond acceptors (Lipinski definition) is 4. The third-order valence-corrected chi connectivity index (χ3v) is 1.48. The highest BCUT2D eigenvalue weighted by molar-refractivity contribution is 5.84. The van der Waals surface area contributed by atoms with Crippen molar-refractivity contribution in [2.24, 2.45) is 0 Å². The van der Waals surface area contributed by atoms with E-state index in [4.69, 9.17) is 9.63 Å². The summed E-state index contributed by atoms with van der Waals surface area (Å²) in [6.07, 6.45) is 2.23. The molecule has 0 saturated heterocycles. The lowest BCUT2D eigenvalue weighted by molar-refractivity contribution is -0.131. The molecule has 0 fully saturated rings. The van der Waals surface area contributed by atoms with Crippen LogP contribution in [0.1, 0.15) is 32.5 Å². The number of rotatable bonds is 2. The van der Waals surface area contributed by atoms with Crippen LogP contribution in [0.25, 0.3) is 6.08 Å². The summed E-state index contributed by atoms with van der Waals surface area (Å²) < 4.78 is 4.83. The highest BCUT2D eigenvalue weighted by atomic mass is 16.5. The van der Waals surface area contributed by atoms with Gasteiger partial charge < -0.3 is 9.63 Å². The van der Waals surface area contributed by atoms with Gasteiger partial charge in [-0.3, -0.25) is 0 Å². The fraction of sp³-hybridized carbons (Fsp3) is 0.444. The van der Waals surface area contributed by atoms with Crippen molar-refractivity contribution in [2.75, 3.05) is 0 Å². The molecule has 0 radical (unpaired) electrons. The Morgan fingerprint density at radius 1 is 1.50 bits per heavy atom. The molecule has 5 heteroatoms. The number of carboxylic acid groups (broad SMARTS) is 1. The standard InChI is InChI=1S/C9H12N2O3/c1-9(2,3)8-10-6(14-11-8)4-5-7(12)13/h4-5H,1-3H3,(H,12,13)/b5-4+. The third kappa shape index (κ3) is 2.69. The lowest BCUT2D eigenvalue weighted by Crippen LogP contribution is -2.13. The van der Waals surface area contributed by atoms with Crippen molar-refractivity contribution in [3.05, 3.63) is 17.8 Å². The first-order chi connectivity index (χ1) is 6.39. The number of nitrogens with zero attached hydrogens (tertiary/aromatic N) is 2. The van der Waals surface area contributed by atoms with Gasteiger partial charge in [0.25, 0.3) is 5.89 Å². The molecule has 0 bridgehead atoms. The maximum Gasteiger partial charge on any atom is 0.328 e. The normalized spacial score (nSPS) is 12.2. The van der Waals surface area contributed by atoms with Gasteiger partial charge in [0, 0.05) is 17.6 Å². The molecular weight excluding hydrogens is 184 g/mol. The molecule has 76 valence electrons. The van der Waals surface area contributed by atoms with Crippen molar-refractivity contribution in [2.45, 2.75) is 26.2 Å². The Hall–Kier alpha value is -1.65. The molecule has 0 unspecified atom stereocenters. The molecule has 0 atom stereocenters. The van der Waals surface area contributed by atoms with Gasteiger partial charge in [-0.2, -0.15) is 4.98 Å². The van der Waals surface area contributed by atoms with Gasteiger partial charge >= 0.3 is 5.97 Å². The Bertz CT molecular complexity index is 360.